The summed E-state index contributed by atoms with van der Waals surface area (Å²) in [5.74, 6) is 1.36. The Morgan fingerprint density at radius 2 is 1.63 bits per heavy atom. The molecule has 0 fully saturated rings. The van der Waals surface area contributed by atoms with Crippen LogP contribution in [0.4, 0.5) is 0 Å². The van der Waals surface area contributed by atoms with Gasteiger partial charge in [0.05, 0.1) is 20.3 Å². The van der Waals surface area contributed by atoms with E-state index < -0.39 is 0 Å². The molecule has 0 spiro atoms. The first kappa shape index (κ1) is 20.1. The van der Waals surface area contributed by atoms with E-state index >= 15 is 0 Å². The molecule has 2 atom stereocenters. The van der Waals surface area contributed by atoms with Gasteiger partial charge in [0.15, 0.2) is 11.5 Å². The van der Waals surface area contributed by atoms with E-state index in [2.05, 4.69) is 16.7 Å². The second kappa shape index (κ2) is 8.69. The van der Waals surface area contributed by atoms with Crippen molar-refractivity contribution in [1.82, 2.24) is 10.6 Å². The van der Waals surface area contributed by atoms with Crippen molar-refractivity contribution in [2.75, 3.05) is 14.2 Å². The molecular formula is C24H23ClN2O3. The summed E-state index contributed by atoms with van der Waals surface area (Å²) >= 11 is 6.07. The summed E-state index contributed by atoms with van der Waals surface area (Å²) in [5, 5.41) is 18.5. The van der Waals surface area contributed by atoms with Crippen LogP contribution >= 0.6 is 11.6 Å². The SMILES string of the molecule is COc1ccc(C2=CC(c3cccc(OC)c3O)NC(c3ccc(Cl)cc3)N2)cc1. The Kier molecular flexibility index (Phi) is 5.84. The van der Waals surface area contributed by atoms with Gasteiger partial charge < -0.3 is 19.9 Å². The van der Waals surface area contributed by atoms with Gasteiger partial charge in [-0.15, -0.1) is 0 Å². The molecule has 0 bridgehead atoms. The fourth-order valence-corrected chi connectivity index (χ4v) is 3.69. The Morgan fingerprint density at radius 3 is 2.30 bits per heavy atom. The van der Waals surface area contributed by atoms with Crippen LogP contribution in [-0.2, 0) is 0 Å². The maximum absolute atomic E-state index is 10.7. The highest BCUT2D eigenvalue weighted by Gasteiger charge is 2.26. The van der Waals surface area contributed by atoms with Crippen LogP contribution in [0.3, 0.4) is 0 Å². The van der Waals surface area contributed by atoms with E-state index in [-0.39, 0.29) is 18.0 Å². The monoisotopic (exact) mass is 422 g/mol. The normalized spacial score (nSPS) is 18.3. The Balaban J connectivity index is 1.76. The van der Waals surface area contributed by atoms with Crippen LogP contribution in [0.2, 0.25) is 5.02 Å². The molecule has 0 saturated heterocycles. The number of phenols is 1. The van der Waals surface area contributed by atoms with Gasteiger partial charge in [-0.1, -0.05) is 35.9 Å². The molecule has 4 rings (SSSR count). The Morgan fingerprint density at radius 1 is 0.900 bits per heavy atom. The Labute approximate surface area is 180 Å². The summed E-state index contributed by atoms with van der Waals surface area (Å²) in [7, 11) is 3.19. The summed E-state index contributed by atoms with van der Waals surface area (Å²) in [5.41, 5.74) is 3.74. The molecule has 3 aromatic rings. The molecular weight excluding hydrogens is 400 g/mol. The summed E-state index contributed by atoms with van der Waals surface area (Å²) in [6.45, 7) is 0. The average Bonchev–Trinajstić information content (AvgIpc) is 2.79. The third kappa shape index (κ3) is 4.08. The van der Waals surface area contributed by atoms with Crippen molar-refractivity contribution in [3.05, 3.63) is 94.5 Å². The van der Waals surface area contributed by atoms with Gasteiger partial charge in [-0.3, -0.25) is 5.32 Å². The summed E-state index contributed by atoms with van der Waals surface area (Å²) in [6, 6.07) is 20.8. The lowest BCUT2D eigenvalue weighted by Gasteiger charge is -2.33. The number of ether oxygens (including phenoxy) is 2. The summed E-state index contributed by atoms with van der Waals surface area (Å²) < 4.78 is 10.6. The molecule has 0 saturated carbocycles. The lowest BCUT2D eigenvalue weighted by Crippen LogP contribution is -2.39. The van der Waals surface area contributed by atoms with Crippen molar-refractivity contribution in [1.29, 1.82) is 0 Å². The Bertz CT molecular complexity index is 1050. The molecule has 3 N–H and O–H groups in total. The van der Waals surface area contributed by atoms with Crippen molar-refractivity contribution in [3.63, 3.8) is 0 Å². The van der Waals surface area contributed by atoms with Crippen LogP contribution in [0.15, 0.2) is 72.8 Å². The predicted octanol–water partition coefficient (Wildman–Crippen LogP) is 5.04. The molecule has 0 radical (unpaired) electrons. The number of methoxy groups -OCH3 is 2. The van der Waals surface area contributed by atoms with Crippen LogP contribution < -0.4 is 20.1 Å². The molecule has 0 aromatic heterocycles. The first-order chi connectivity index (χ1) is 14.6. The molecule has 0 aliphatic carbocycles. The van der Waals surface area contributed by atoms with Crippen LogP contribution in [0.5, 0.6) is 17.2 Å². The number of aromatic hydroxyl groups is 1. The molecule has 6 heteroatoms. The lowest BCUT2D eigenvalue weighted by molar-refractivity contribution is 0.363. The van der Waals surface area contributed by atoms with Gasteiger partial charge in [-0.2, -0.15) is 0 Å². The third-order valence-corrected chi connectivity index (χ3v) is 5.42. The minimum absolute atomic E-state index is 0.125. The second-order valence-corrected chi connectivity index (χ2v) is 7.42. The molecule has 0 amide bonds. The van der Waals surface area contributed by atoms with Crippen molar-refractivity contribution in [2.45, 2.75) is 12.2 Å². The van der Waals surface area contributed by atoms with Crippen LogP contribution in [-0.4, -0.2) is 19.3 Å². The van der Waals surface area contributed by atoms with Crippen molar-refractivity contribution in [2.24, 2.45) is 0 Å². The van der Waals surface area contributed by atoms with Gasteiger partial charge >= 0.3 is 0 Å². The maximum atomic E-state index is 10.7. The zero-order valence-electron chi connectivity index (χ0n) is 16.7. The van der Waals surface area contributed by atoms with Gasteiger partial charge in [0.25, 0.3) is 0 Å². The summed E-state index contributed by atoms with van der Waals surface area (Å²) in [4.78, 5) is 0. The van der Waals surface area contributed by atoms with Gasteiger partial charge in [-0.25, -0.2) is 0 Å². The fraction of sp³-hybridized carbons (Fsp3) is 0.167. The van der Waals surface area contributed by atoms with Gasteiger partial charge in [0, 0.05) is 16.3 Å². The average molecular weight is 423 g/mol. The topological polar surface area (TPSA) is 62.8 Å². The van der Waals surface area contributed by atoms with Gasteiger partial charge in [-0.05, 0) is 59.7 Å². The quantitative estimate of drug-likeness (QED) is 0.538. The van der Waals surface area contributed by atoms with E-state index in [1.807, 2.05) is 60.7 Å². The molecule has 1 aliphatic heterocycles. The van der Waals surface area contributed by atoms with E-state index in [4.69, 9.17) is 21.1 Å². The number of halogens is 1. The van der Waals surface area contributed by atoms with Crippen molar-refractivity contribution < 1.29 is 14.6 Å². The third-order valence-electron chi connectivity index (χ3n) is 5.17. The molecule has 30 heavy (non-hydrogen) atoms. The standard InChI is InChI=1S/C24H23ClN2O3/c1-29-18-12-8-15(9-13-18)20-14-21(19-4-3-5-22(30-2)23(19)28)27-24(26-20)16-6-10-17(25)11-7-16/h3-14,21,24,26-28H,1-2H3. The largest absolute Gasteiger partial charge is 0.504 e. The minimum Gasteiger partial charge on any atom is -0.504 e. The second-order valence-electron chi connectivity index (χ2n) is 6.98. The van der Waals surface area contributed by atoms with E-state index in [0.29, 0.717) is 10.8 Å². The zero-order chi connectivity index (χ0) is 21.1. The fourth-order valence-electron chi connectivity index (χ4n) is 3.56. The van der Waals surface area contributed by atoms with Crippen molar-refractivity contribution in [3.8, 4) is 17.2 Å². The number of phenolic OH excluding ortho intramolecular Hbond substituents is 1. The number of para-hydroxylation sites is 1. The number of nitrogens with one attached hydrogen (secondary N) is 2. The van der Waals surface area contributed by atoms with Crippen LogP contribution in [0.25, 0.3) is 5.70 Å². The van der Waals surface area contributed by atoms with Gasteiger partial charge in [0.1, 0.15) is 11.9 Å². The highest BCUT2D eigenvalue weighted by Crippen LogP contribution is 2.38. The smallest absolute Gasteiger partial charge is 0.162 e. The molecule has 2 unspecified atom stereocenters. The van der Waals surface area contributed by atoms with E-state index in [1.165, 1.54) is 0 Å². The summed E-state index contributed by atoms with van der Waals surface area (Å²) in [6.07, 6.45) is 1.88. The van der Waals surface area contributed by atoms with Crippen LogP contribution in [0, 0.1) is 0 Å². The Hall–Kier alpha value is -3.15. The molecule has 1 aliphatic rings. The van der Waals surface area contributed by atoms with E-state index in [0.717, 1.165) is 28.1 Å². The number of hydrogen-bond acceptors (Lipinski definition) is 5. The number of benzene rings is 3. The first-order valence-corrected chi connectivity index (χ1v) is 9.97. The minimum atomic E-state index is -0.237. The van der Waals surface area contributed by atoms with E-state index in [1.54, 1.807) is 20.3 Å². The molecule has 1 heterocycles. The highest BCUT2D eigenvalue weighted by molar-refractivity contribution is 6.30. The molecule has 154 valence electrons. The maximum Gasteiger partial charge on any atom is 0.162 e. The van der Waals surface area contributed by atoms with Crippen molar-refractivity contribution >= 4 is 17.3 Å². The number of hydrogen-bond donors (Lipinski definition) is 3. The van der Waals surface area contributed by atoms with Gasteiger partial charge in [0.2, 0.25) is 0 Å². The molecule has 5 nitrogen and oxygen atoms in total. The predicted molar refractivity (Wildman–Crippen MR) is 119 cm³/mol. The van der Waals surface area contributed by atoms with E-state index in [9.17, 15) is 5.11 Å². The lowest BCUT2D eigenvalue weighted by atomic mass is 9.97. The first-order valence-electron chi connectivity index (χ1n) is 9.59. The highest BCUT2D eigenvalue weighted by atomic mass is 35.5. The zero-order valence-corrected chi connectivity index (χ0v) is 17.5. The molecule has 3 aromatic carbocycles. The number of rotatable bonds is 5. The van der Waals surface area contributed by atoms with Crippen LogP contribution in [0.1, 0.15) is 28.9 Å².